The molecule has 34 heavy (non-hydrogen) atoms. The third-order valence-corrected chi connectivity index (χ3v) is 6.04. The van der Waals surface area contributed by atoms with E-state index >= 15 is 0 Å². The summed E-state index contributed by atoms with van der Waals surface area (Å²) in [6, 6.07) is 22.9. The molecule has 4 aromatic rings. The van der Waals surface area contributed by atoms with Crippen molar-refractivity contribution in [2.45, 2.75) is 12.1 Å². The number of hydrogen-bond donors (Lipinski definition) is 1. The number of furan rings is 1. The molecule has 0 spiro atoms. The van der Waals surface area contributed by atoms with Crippen LogP contribution in [0.15, 0.2) is 89.5 Å². The zero-order valence-electron chi connectivity index (χ0n) is 18.1. The van der Waals surface area contributed by atoms with E-state index in [9.17, 15) is 10.1 Å². The highest BCUT2D eigenvalue weighted by atomic mass is 32.1. The van der Waals surface area contributed by atoms with Crippen LogP contribution < -0.4 is 15.0 Å². The van der Waals surface area contributed by atoms with Crippen molar-refractivity contribution in [2.24, 2.45) is 0 Å². The number of rotatable bonds is 6. The van der Waals surface area contributed by atoms with Crippen molar-refractivity contribution in [1.82, 2.24) is 10.3 Å². The van der Waals surface area contributed by atoms with Crippen LogP contribution >= 0.6 is 12.2 Å². The SMILES string of the molecule is COc1ccc(N2C(=S)N[C@@H](c3ccccn3)[C@H]2c2ccc(-c3ccc([N+](=O)[O-])cc3)o2)cc1. The second-order valence-corrected chi connectivity index (χ2v) is 8.09. The Morgan fingerprint density at radius 1 is 1.06 bits per heavy atom. The Morgan fingerprint density at radius 2 is 1.82 bits per heavy atom. The summed E-state index contributed by atoms with van der Waals surface area (Å²) in [6.07, 6.45) is 1.75. The first-order valence-electron chi connectivity index (χ1n) is 10.5. The predicted octanol–water partition coefficient (Wildman–Crippen LogP) is 5.44. The first-order valence-corrected chi connectivity index (χ1v) is 11.0. The summed E-state index contributed by atoms with van der Waals surface area (Å²) in [7, 11) is 1.62. The Kier molecular flexibility index (Phi) is 5.69. The standard InChI is InChI=1S/C25H20N4O4S/c1-32-19-11-9-17(10-12-19)28-24(23(27-25(28)34)20-4-2-3-15-26-20)22-14-13-21(33-22)16-5-7-18(8-6-16)29(30)31/h2-15,23-24H,1H3,(H,27,34)/t23-,24+/m0/s1. The van der Waals surface area contributed by atoms with Gasteiger partial charge in [0.1, 0.15) is 23.3 Å². The van der Waals surface area contributed by atoms with Crippen molar-refractivity contribution in [1.29, 1.82) is 0 Å². The fourth-order valence-corrected chi connectivity index (χ4v) is 4.43. The molecule has 5 rings (SSSR count). The number of pyridine rings is 1. The highest BCUT2D eigenvalue weighted by Gasteiger charge is 2.42. The first kappa shape index (κ1) is 21.6. The van der Waals surface area contributed by atoms with E-state index in [1.807, 2.05) is 59.5 Å². The minimum Gasteiger partial charge on any atom is -0.497 e. The van der Waals surface area contributed by atoms with Gasteiger partial charge in [-0.05, 0) is 72.9 Å². The molecule has 1 aliphatic heterocycles. The van der Waals surface area contributed by atoms with Crippen LogP contribution in [0, 0.1) is 10.1 Å². The number of nitro groups is 1. The third kappa shape index (κ3) is 3.97. The molecule has 1 N–H and O–H groups in total. The molecule has 2 aromatic heterocycles. The molecule has 3 heterocycles. The summed E-state index contributed by atoms with van der Waals surface area (Å²) < 4.78 is 11.6. The maximum absolute atomic E-state index is 11.0. The maximum atomic E-state index is 11.0. The number of nitrogens with one attached hydrogen (secondary N) is 1. The maximum Gasteiger partial charge on any atom is 0.269 e. The smallest absolute Gasteiger partial charge is 0.269 e. The monoisotopic (exact) mass is 472 g/mol. The number of benzene rings is 2. The van der Waals surface area contributed by atoms with Crippen molar-refractivity contribution in [3.8, 4) is 17.1 Å². The minimum absolute atomic E-state index is 0.0294. The topological polar surface area (TPSA) is 93.7 Å². The lowest BCUT2D eigenvalue weighted by molar-refractivity contribution is -0.384. The Hall–Kier alpha value is -4.24. The average Bonchev–Trinajstić information content (AvgIpc) is 3.49. The fraction of sp³-hybridized carbons (Fsp3) is 0.120. The molecule has 0 saturated carbocycles. The number of non-ortho nitro benzene ring substituents is 1. The Morgan fingerprint density at radius 3 is 2.47 bits per heavy atom. The van der Waals surface area contributed by atoms with Gasteiger partial charge < -0.3 is 19.4 Å². The van der Waals surface area contributed by atoms with Crippen molar-refractivity contribution in [3.05, 3.63) is 107 Å². The average molecular weight is 473 g/mol. The third-order valence-electron chi connectivity index (χ3n) is 5.73. The molecule has 9 heteroatoms. The van der Waals surface area contributed by atoms with Gasteiger partial charge in [-0.2, -0.15) is 0 Å². The normalized spacial score (nSPS) is 17.4. The number of nitro benzene ring substituents is 1. The Labute approximate surface area is 201 Å². The van der Waals surface area contributed by atoms with E-state index in [4.69, 9.17) is 21.4 Å². The van der Waals surface area contributed by atoms with Crippen LogP contribution in [0.4, 0.5) is 11.4 Å². The lowest BCUT2D eigenvalue weighted by Crippen LogP contribution is -2.29. The van der Waals surface area contributed by atoms with E-state index in [2.05, 4.69) is 10.3 Å². The van der Waals surface area contributed by atoms with Gasteiger partial charge in [0.15, 0.2) is 5.11 Å². The van der Waals surface area contributed by atoms with E-state index in [0.717, 1.165) is 22.7 Å². The molecular formula is C25H20N4O4S. The molecule has 1 fully saturated rings. The molecule has 0 aliphatic carbocycles. The van der Waals surface area contributed by atoms with Gasteiger partial charge in [0, 0.05) is 29.6 Å². The second kappa shape index (κ2) is 8.95. The van der Waals surface area contributed by atoms with Crippen LogP contribution in [0.5, 0.6) is 5.75 Å². The number of hydrogen-bond acceptors (Lipinski definition) is 6. The number of methoxy groups -OCH3 is 1. The molecule has 1 saturated heterocycles. The van der Waals surface area contributed by atoms with Gasteiger partial charge in [-0.1, -0.05) is 6.07 Å². The number of ether oxygens (including phenoxy) is 1. The van der Waals surface area contributed by atoms with Crippen molar-refractivity contribution < 1.29 is 14.1 Å². The fourth-order valence-electron chi connectivity index (χ4n) is 4.08. The summed E-state index contributed by atoms with van der Waals surface area (Å²) in [4.78, 5) is 17.1. The van der Waals surface area contributed by atoms with Crippen LogP contribution in [0.3, 0.4) is 0 Å². The van der Waals surface area contributed by atoms with E-state index in [1.54, 1.807) is 25.4 Å². The lowest BCUT2D eigenvalue weighted by Gasteiger charge is -2.26. The molecule has 0 bridgehead atoms. The molecule has 2 aromatic carbocycles. The van der Waals surface area contributed by atoms with Crippen LogP contribution in [0.2, 0.25) is 0 Å². The van der Waals surface area contributed by atoms with Crippen LogP contribution in [0.25, 0.3) is 11.3 Å². The molecule has 1 aliphatic rings. The van der Waals surface area contributed by atoms with Gasteiger partial charge in [-0.25, -0.2) is 0 Å². The van der Waals surface area contributed by atoms with Crippen LogP contribution in [0.1, 0.15) is 23.5 Å². The Bertz CT molecular complexity index is 1320. The van der Waals surface area contributed by atoms with E-state index in [1.165, 1.54) is 12.1 Å². The second-order valence-electron chi connectivity index (χ2n) is 7.70. The zero-order valence-corrected chi connectivity index (χ0v) is 18.9. The summed E-state index contributed by atoms with van der Waals surface area (Å²) in [6.45, 7) is 0. The van der Waals surface area contributed by atoms with Gasteiger partial charge in [0.05, 0.1) is 23.8 Å². The lowest BCUT2D eigenvalue weighted by atomic mass is 10.0. The summed E-state index contributed by atoms with van der Waals surface area (Å²) in [5.74, 6) is 2.04. The molecule has 0 radical (unpaired) electrons. The van der Waals surface area contributed by atoms with Crippen molar-refractivity contribution in [3.63, 3.8) is 0 Å². The molecular weight excluding hydrogens is 452 g/mol. The summed E-state index contributed by atoms with van der Waals surface area (Å²) in [5, 5.41) is 14.9. The van der Waals surface area contributed by atoms with E-state index < -0.39 is 4.92 Å². The first-order chi connectivity index (χ1) is 16.5. The van der Waals surface area contributed by atoms with Gasteiger partial charge in [0.25, 0.3) is 5.69 Å². The van der Waals surface area contributed by atoms with Crippen LogP contribution in [-0.4, -0.2) is 22.1 Å². The molecule has 0 unspecified atom stereocenters. The van der Waals surface area contributed by atoms with Crippen molar-refractivity contribution in [2.75, 3.05) is 12.0 Å². The molecule has 170 valence electrons. The predicted molar refractivity (Wildman–Crippen MR) is 132 cm³/mol. The quantitative estimate of drug-likeness (QED) is 0.225. The van der Waals surface area contributed by atoms with Gasteiger partial charge >= 0.3 is 0 Å². The van der Waals surface area contributed by atoms with E-state index in [-0.39, 0.29) is 17.8 Å². The minimum atomic E-state index is -0.424. The zero-order chi connectivity index (χ0) is 23.7. The van der Waals surface area contributed by atoms with E-state index in [0.29, 0.717) is 16.6 Å². The molecule has 0 amide bonds. The molecule has 2 atom stereocenters. The molecule has 8 nitrogen and oxygen atoms in total. The highest BCUT2D eigenvalue weighted by Crippen LogP contribution is 2.43. The summed E-state index contributed by atoms with van der Waals surface area (Å²) in [5.41, 5.74) is 2.49. The van der Waals surface area contributed by atoms with Crippen LogP contribution in [-0.2, 0) is 0 Å². The van der Waals surface area contributed by atoms with Gasteiger partial charge in [-0.15, -0.1) is 0 Å². The van der Waals surface area contributed by atoms with Gasteiger partial charge in [0.2, 0.25) is 0 Å². The number of anilines is 1. The summed E-state index contributed by atoms with van der Waals surface area (Å²) >= 11 is 5.73. The number of aromatic nitrogens is 1. The van der Waals surface area contributed by atoms with Gasteiger partial charge in [-0.3, -0.25) is 15.1 Å². The number of thiocarbonyl (C=S) groups is 1. The largest absolute Gasteiger partial charge is 0.497 e. The highest BCUT2D eigenvalue weighted by molar-refractivity contribution is 7.80. The van der Waals surface area contributed by atoms with Crippen molar-refractivity contribution >= 4 is 28.7 Å². The Balaban J connectivity index is 1.55. The number of nitrogens with zero attached hydrogens (tertiary/aromatic N) is 3.